The molecule has 0 radical (unpaired) electrons. The van der Waals surface area contributed by atoms with E-state index in [0.717, 1.165) is 5.39 Å². The smallest absolute Gasteiger partial charge is 0.183 e. The van der Waals surface area contributed by atoms with Crippen molar-refractivity contribution in [2.24, 2.45) is 0 Å². The third kappa shape index (κ3) is 3.72. The molecule has 0 fully saturated rings. The summed E-state index contributed by atoms with van der Waals surface area (Å²) in [5, 5.41) is 1.57. The van der Waals surface area contributed by atoms with Gasteiger partial charge in [-0.25, -0.2) is 8.42 Å². The standard InChI is InChI=1S/C19H18ClNO3S/c20-11-12-24-18-9-4-8-17(21)16(18)13-25(22,23)19-10-3-6-14-5-1-2-7-15(14)19/h1-10H,11-13,21H2. The highest BCUT2D eigenvalue weighted by atomic mass is 35.5. The summed E-state index contributed by atoms with van der Waals surface area (Å²) in [5.41, 5.74) is 6.86. The Morgan fingerprint density at radius 3 is 2.48 bits per heavy atom. The van der Waals surface area contributed by atoms with Crippen molar-refractivity contribution in [3.63, 3.8) is 0 Å². The van der Waals surface area contributed by atoms with Crippen molar-refractivity contribution in [2.45, 2.75) is 10.6 Å². The molecule has 0 aromatic heterocycles. The summed E-state index contributed by atoms with van der Waals surface area (Å²) in [7, 11) is -3.60. The number of hydrogen-bond acceptors (Lipinski definition) is 4. The van der Waals surface area contributed by atoms with E-state index in [1.165, 1.54) is 0 Å². The van der Waals surface area contributed by atoms with E-state index in [2.05, 4.69) is 0 Å². The maximum Gasteiger partial charge on any atom is 0.183 e. The van der Waals surface area contributed by atoms with Crippen LogP contribution in [0.4, 0.5) is 5.69 Å². The molecule has 3 aromatic rings. The van der Waals surface area contributed by atoms with Gasteiger partial charge in [-0.15, -0.1) is 11.6 Å². The van der Waals surface area contributed by atoms with Crippen LogP contribution in [0.1, 0.15) is 5.56 Å². The minimum atomic E-state index is -3.60. The summed E-state index contributed by atoms with van der Waals surface area (Å²) in [4.78, 5) is 0.289. The van der Waals surface area contributed by atoms with E-state index in [0.29, 0.717) is 28.3 Å². The van der Waals surface area contributed by atoms with E-state index in [1.807, 2.05) is 30.3 Å². The lowest BCUT2D eigenvalue weighted by Crippen LogP contribution is -2.10. The second-order valence-corrected chi connectivity index (χ2v) is 7.93. The Balaban J connectivity index is 2.05. The van der Waals surface area contributed by atoms with Crippen LogP contribution in [0.2, 0.25) is 0 Å². The molecule has 3 rings (SSSR count). The Morgan fingerprint density at radius 2 is 1.68 bits per heavy atom. The van der Waals surface area contributed by atoms with Gasteiger partial charge >= 0.3 is 0 Å². The number of anilines is 1. The molecule has 130 valence electrons. The molecule has 0 aliphatic rings. The van der Waals surface area contributed by atoms with Gasteiger partial charge in [0, 0.05) is 16.6 Å². The summed E-state index contributed by atoms with van der Waals surface area (Å²) in [6.07, 6.45) is 0. The SMILES string of the molecule is Nc1cccc(OCCCl)c1CS(=O)(=O)c1cccc2ccccc12. The van der Waals surface area contributed by atoms with Gasteiger partial charge in [0.1, 0.15) is 12.4 Å². The Morgan fingerprint density at radius 1 is 0.960 bits per heavy atom. The van der Waals surface area contributed by atoms with E-state index >= 15 is 0 Å². The molecule has 2 N–H and O–H groups in total. The van der Waals surface area contributed by atoms with E-state index in [4.69, 9.17) is 22.1 Å². The third-order valence-corrected chi connectivity index (χ3v) is 5.77. The number of rotatable bonds is 6. The molecule has 0 amide bonds. The molecule has 0 saturated carbocycles. The second-order valence-electron chi connectivity index (χ2n) is 5.60. The number of nitrogen functional groups attached to an aromatic ring is 1. The average molecular weight is 376 g/mol. The average Bonchev–Trinajstić information content (AvgIpc) is 2.61. The van der Waals surface area contributed by atoms with E-state index in [1.54, 1.807) is 30.3 Å². The molecule has 0 atom stereocenters. The van der Waals surface area contributed by atoms with Crippen LogP contribution in [0.15, 0.2) is 65.6 Å². The number of benzene rings is 3. The molecule has 4 nitrogen and oxygen atoms in total. The summed E-state index contributed by atoms with van der Waals surface area (Å²) in [5.74, 6) is 0.528. The van der Waals surface area contributed by atoms with Crippen molar-refractivity contribution in [3.05, 3.63) is 66.2 Å². The number of halogens is 1. The normalized spacial score (nSPS) is 11.6. The fraction of sp³-hybridized carbons (Fsp3) is 0.158. The van der Waals surface area contributed by atoms with Crippen LogP contribution >= 0.6 is 11.6 Å². The fourth-order valence-electron chi connectivity index (χ4n) is 2.76. The van der Waals surface area contributed by atoms with Gasteiger partial charge in [-0.1, -0.05) is 42.5 Å². The topological polar surface area (TPSA) is 69.4 Å². The van der Waals surface area contributed by atoms with Gasteiger partial charge in [-0.2, -0.15) is 0 Å². The van der Waals surface area contributed by atoms with Crippen molar-refractivity contribution >= 4 is 37.9 Å². The van der Waals surface area contributed by atoms with Crippen LogP contribution in [0.5, 0.6) is 5.75 Å². The van der Waals surface area contributed by atoms with Crippen LogP contribution in [-0.4, -0.2) is 20.9 Å². The zero-order valence-electron chi connectivity index (χ0n) is 13.5. The van der Waals surface area contributed by atoms with Gasteiger partial charge in [0.25, 0.3) is 0 Å². The van der Waals surface area contributed by atoms with E-state index < -0.39 is 9.84 Å². The first kappa shape index (κ1) is 17.6. The first-order chi connectivity index (χ1) is 12.0. The number of sulfone groups is 1. The zero-order chi connectivity index (χ0) is 17.9. The van der Waals surface area contributed by atoms with Crippen molar-refractivity contribution in [2.75, 3.05) is 18.2 Å². The molecule has 25 heavy (non-hydrogen) atoms. The number of fused-ring (bicyclic) bond motifs is 1. The van der Waals surface area contributed by atoms with Gasteiger partial charge < -0.3 is 10.5 Å². The quantitative estimate of drug-likeness (QED) is 0.522. The lowest BCUT2D eigenvalue weighted by molar-refractivity contribution is 0.340. The maximum absolute atomic E-state index is 13.1. The lowest BCUT2D eigenvalue weighted by atomic mass is 10.1. The van der Waals surface area contributed by atoms with Crippen LogP contribution in [0.25, 0.3) is 10.8 Å². The molecule has 0 spiro atoms. The molecule has 0 unspecified atom stereocenters. The van der Waals surface area contributed by atoms with Crippen LogP contribution in [0, 0.1) is 0 Å². The predicted octanol–water partition coefficient (Wildman–Crippen LogP) is 4.01. The molecule has 3 aromatic carbocycles. The van der Waals surface area contributed by atoms with Crippen molar-refractivity contribution in [3.8, 4) is 5.75 Å². The van der Waals surface area contributed by atoms with Crippen molar-refractivity contribution in [1.82, 2.24) is 0 Å². The summed E-state index contributed by atoms with van der Waals surface area (Å²) >= 11 is 5.66. The minimum absolute atomic E-state index is 0.231. The molecule has 0 bridgehead atoms. The first-order valence-electron chi connectivity index (χ1n) is 7.79. The summed E-state index contributed by atoms with van der Waals surface area (Å²) in [6, 6.07) is 17.8. The number of alkyl halides is 1. The Bertz CT molecular complexity index is 997. The first-order valence-corrected chi connectivity index (χ1v) is 9.98. The lowest BCUT2D eigenvalue weighted by Gasteiger charge is -2.14. The number of ether oxygens (including phenoxy) is 1. The summed E-state index contributed by atoms with van der Waals surface area (Å²) in [6.45, 7) is 0.284. The molecule has 0 aliphatic carbocycles. The molecule has 6 heteroatoms. The van der Waals surface area contributed by atoms with Gasteiger partial charge in [-0.3, -0.25) is 0 Å². The Hall–Kier alpha value is -2.24. The van der Waals surface area contributed by atoms with Gasteiger partial charge in [0.2, 0.25) is 0 Å². The Labute approximate surface area is 152 Å². The van der Waals surface area contributed by atoms with Gasteiger partial charge in [-0.05, 0) is 23.6 Å². The monoisotopic (exact) mass is 375 g/mol. The largest absolute Gasteiger partial charge is 0.492 e. The molecular formula is C19H18ClNO3S. The summed E-state index contributed by atoms with van der Waals surface area (Å²) < 4.78 is 31.7. The molecule has 0 aliphatic heterocycles. The molecular weight excluding hydrogens is 358 g/mol. The van der Waals surface area contributed by atoms with Crippen LogP contribution in [0.3, 0.4) is 0 Å². The Kier molecular flexibility index (Phi) is 5.16. The molecule has 0 saturated heterocycles. The fourth-order valence-corrected chi connectivity index (χ4v) is 4.48. The highest BCUT2D eigenvalue weighted by molar-refractivity contribution is 7.90. The van der Waals surface area contributed by atoms with Crippen LogP contribution < -0.4 is 10.5 Å². The maximum atomic E-state index is 13.1. The zero-order valence-corrected chi connectivity index (χ0v) is 15.1. The van der Waals surface area contributed by atoms with Crippen LogP contribution in [-0.2, 0) is 15.6 Å². The van der Waals surface area contributed by atoms with Crippen molar-refractivity contribution < 1.29 is 13.2 Å². The van der Waals surface area contributed by atoms with Crippen molar-refractivity contribution in [1.29, 1.82) is 0 Å². The molecule has 0 heterocycles. The van der Waals surface area contributed by atoms with E-state index in [-0.39, 0.29) is 17.3 Å². The second kappa shape index (κ2) is 7.33. The van der Waals surface area contributed by atoms with E-state index in [9.17, 15) is 8.42 Å². The highest BCUT2D eigenvalue weighted by Crippen LogP contribution is 2.31. The van der Waals surface area contributed by atoms with Gasteiger partial charge in [0.05, 0.1) is 16.5 Å². The predicted molar refractivity (Wildman–Crippen MR) is 102 cm³/mol. The third-order valence-electron chi connectivity index (χ3n) is 3.92. The minimum Gasteiger partial charge on any atom is -0.492 e. The van der Waals surface area contributed by atoms with Gasteiger partial charge in [0.15, 0.2) is 9.84 Å². The highest BCUT2D eigenvalue weighted by Gasteiger charge is 2.22. The number of hydrogen-bond donors (Lipinski definition) is 1. The number of nitrogens with two attached hydrogens (primary N) is 1.